The van der Waals surface area contributed by atoms with Gasteiger partial charge in [-0.15, -0.1) is 0 Å². The van der Waals surface area contributed by atoms with Crippen molar-refractivity contribution in [3.8, 4) is 22.3 Å². The van der Waals surface area contributed by atoms with E-state index in [4.69, 9.17) is 4.42 Å². The zero-order chi connectivity index (χ0) is 21.1. The Labute approximate surface area is 184 Å². The Hall–Kier alpha value is -4.30. The van der Waals surface area contributed by atoms with E-state index in [0.29, 0.717) is 0 Å². The van der Waals surface area contributed by atoms with Gasteiger partial charge in [-0.3, -0.25) is 0 Å². The van der Waals surface area contributed by atoms with Crippen LogP contribution >= 0.6 is 0 Å². The molecule has 0 atom stereocenters. The predicted octanol–water partition coefficient (Wildman–Crippen LogP) is 8.55. The van der Waals surface area contributed by atoms with Crippen molar-refractivity contribution in [3.63, 3.8) is 0 Å². The average molecular weight is 409 g/mol. The topological polar surface area (TPSA) is 28.9 Å². The van der Waals surface area contributed by atoms with E-state index in [1.54, 1.807) is 0 Å². The summed E-state index contributed by atoms with van der Waals surface area (Å²) in [5.41, 5.74) is 9.02. The van der Waals surface area contributed by atoms with Gasteiger partial charge in [0.15, 0.2) is 0 Å². The largest absolute Gasteiger partial charge is 0.456 e. The number of hydrogen-bond acceptors (Lipinski definition) is 1. The Kier molecular flexibility index (Phi) is 3.58. The molecule has 2 heterocycles. The highest BCUT2D eigenvalue weighted by Crippen LogP contribution is 2.38. The molecule has 0 radical (unpaired) electrons. The zero-order valence-corrected chi connectivity index (χ0v) is 17.3. The Balaban J connectivity index is 1.39. The molecule has 32 heavy (non-hydrogen) atoms. The van der Waals surface area contributed by atoms with E-state index in [1.165, 1.54) is 49.4 Å². The lowest BCUT2D eigenvalue weighted by Crippen LogP contribution is -1.83. The molecule has 0 bridgehead atoms. The first-order valence-electron chi connectivity index (χ1n) is 10.9. The molecule has 2 nitrogen and oxygen atoms in total. The molecule has 0 aliphatic heterocycles. The van der Waals surface area contributed by atoms with Gasteiger partial charge in [0.1, 0.15) is 11.2 Å². The SMILES string of the molecule is c1ccc2c(c1)[nH]c1c(-c3ccc(-c4cccc5oc6ccccc6c45)cc3)cccc12. The molecule has 0 amide bonds. The summed E-state index contributed by atoms with van der Waals surface area (Å²) in [6.07, 6.45) is 0. The summed E-state index contributed by atoms with van der Waals surface area (Å²) in [5.74, 6) is 0. The highest BCUT2D eigenvalue weighted by molar-refractivity contribution is 6.13. The summed E-state index contributed by atoms with van der Waals surface area (Å²) in [6.45, 7) is 0. The van der Waals surface area contributed by atoms with Crippen molar-refractivity contribution >= 4 is 43.7 Å². The van der Waals surface area contributed by atoms with Crippen molar-refractivity contribution in [2.45, 2.75) is 0 Å². The average Bonchev–Trinajstić information content (AvgIpc) is 3.42. The zero-order valence-electron chi connectivity index (χ0n) is 17.3. The fourth-order valence-corrected chi connectivity index (χ4v) is 4.96. The Morgan fingerprint density at radius 1 is 0.469 bits per heavy atom. The van der Waals surface area contributed by atoms with Gasteiger partial charge in [0.2, 0.25) is 0 Å². The van der Waals surface area contributed by atoms with E-state index in [0.717, 1.165) is 16.6 Å². The van der Waals surface area contributed by atoms with Crippen LogP contribution in [0.4, 0.5) is 0 Å². The van der Waals surface area contributed by atoms with Gasteiger partial charge in [-0.2, -0.15) is 0 Å². The molecule has 0 saturated carbocycles. The first-order chi connectivity index (χ1) is 15.9. The molecule has 2 aromatic heterocycles. The third-order valence-corrected chi connectivity index (χ3v) is 6.45. The highest BCUT2D eigenvalue weighted by Gasteiger charge is 2.13. The highest BCUT2D eigenvalue weighted by atomic mass is 16.3. The minimum absolute atomic E-state index is 0.926. The van der Waals surface area contributed by atoms with Crippen LogP contribution in [-0.2, 0) is 0 Å². The van der Waals surface area contributed by atoms with Crippen molar-refractivity contribution in [1.82, 2.24) is 4.98 Å². The van der Waals surface area contributed by atoms with Gasteiger partial charge >= 0.3 is 0 Å². The number of H-pyrrole nitrogens is 1. The second-order valence-corrected chi connectivity index (χ2v) is 8.25. The summed E-state index contributed by atoms with van der Waals surface area (Å²) >= 11 is 0. The van der Waals surface area contributed by atoms with Gasteiger partial charge in [-0.1, -0.05) is 91.0 Å². The molecular weight excluding hydrogens is 390 g/mol. The molecule has 0 aliphatic rings. The fraction of sp³-hybridized carbons (Fsp3) is 0. The molecule has 0 saturated heterocycles. The quantitative estimate of drug-likeness (QED) is 0.304. The molecule has 7 aromatic rings. The van der Waals surface area contributed by atoms with Crippen LogP contribution in [0.15, 0.2) is 114 Å². The summed E-state index contributed by atoms with van der Waals surface area (Å²) in [6, 6.07) is 38.4. The smallest absolute Gasteiger partial charge is 0.136 e. The fourth-order valence-electron chi connectivity index (χ4n) is 4.96. The van der Waals surface area contributed by atoms with E-state index in [9.17, 15) is 0 Å². The van der Waals surface area contributed by atoms with Crippen molar-refractivity contribution < 1.29 is 4.42 Å². The van der Waals surface area contributed by atoms with Crippen molar-refractivity contribution in [2.75, 3.05) is 0 Å². The summed E-state index contributed by atoms with van der Waals surface area (Å²) in [5, 5.41) is 4.86. The number of aromatic amines is 1. The van der Waals surface area contributed by atoms with E-state index in [1.807, 2.05) is 18.2 Å². The number of hydrogen-bond donors (Lipinski definition) is 1. The standard InChI is InChI=1S/C30H19NO/c1-3-12-26-23(7-1)24-11-5-10-22(30(24)31-26)20-17-15-19(16-18-20)21-9-6-14-28-29(21)25-8-2-4-13-27(25)32-28/h1-18,31H. The second-order valence-electron chi connectivity index (χ2n) is 8.25. The van der Waals surface area contributed by atoms with E-state index in [-0.39, 0.29) is 0 Å². The van der Waals surface area contributed by atoms with Gasteiger partial charge in [0, 0.05) is 32.6 Å². The van der Waals surface area contributed by atoms with Gasteiger partial charge in [-0.05, 0) is 34.9 Å². The van der Waals surface area contributed by atoms with Gasteiger partial charge in [0.05, 0.1) is 5.52 Å². The number of para-hydroxylation sites is 3. The van der Waals surface area contributed by atoms with E-state index < -0.39 is 0 Å². The molecule has 0 spiro atoms. The molecule has 0 unspecified atom stereocenters. The monoisotopic (exact) mass is 409 g/mol. The van der Waals surface area contributed by atoms with Crippen LogP contribution in [-0.4, -0.2) is 4.98 Å². The maximum Gasteiger partial charge on any atom is 0.136 e. The Morgan fingerprint density at radius 3 is 1.97 bits per heavy atom. The van der Waals surface area contributed by atoms with Crippen LogP contribution in [0.3, 0.4) is 0 Å². The number of fused-ring (bicyclic) bond motifs is 6. The first kappa shape index (κ1) is 17.4. The lowest BCUT2D eigenvalue weighted by molar-refractivity contribution is 0.669. The van der Waals surface area contributed by atoms with Crippen LogP contribution in [0, 0.1) is 0 Å². The molecule has 7 rings (SSSR count). The normalized spacial score (nSPS) is 11.8. The Bertz CT molecular complexity index is 1770. The third kappa shape index (κ3) is 2.47. The lowest BCUT2D eigenvalue weighted by Gasteiger charge is -2.08. The van der Waals surface area contributed by atoms with Crippen LogP contribution < -0.4 is 0 Å². The van der Waals surface area contributed by atoms with Crippen LogP contribution in [0.2, 0.25) is 0 Å². The van der Waals surface area contributed by atoms with Crippen molar-refractivity contribution in [2.24, 2.45) is 0 Å². The number of nitrogens with one attached hydrogen (secondary N) is 1. The Morgan fingerprint density at radius 2 is 1.09 bits per heavy atom. The molecular formula is C30H19NO. The number of furan rings is 1. The van der Waals surface area contributed by atoms with Crippen molar-refractivity contribution in [1.29, 1.82) is 0 Å². The van der Waals surface area contributed by atoms with E-state index in [2.05, 4.69) is 96.0 Å². The molecule has 1 N–H and O–H groups in total. The predicted molar refractivity (Wildman–Crippen MR) is 134 cm³/mol. The number of aromatic nitrogens is 1. The lowest BCUT2D eigenvalue weighted by atomic mass is 9.96. The van der Waals surface area contributed by atoms with Crippen LogP contribution in [0.25, 0.3) is 66.0 Å². The summed E-state index contributed by atoms with van der Waals surface area (Å²) in [4.78, 5) is 3.62. The maximum atomic E-state index is 6.08. The van der Waals surface area contributed by atoms with Gasteiger partial charge < -0.3 is 9.40 Å². The van der Waals surface area contributed by atoms with Crippen molar-refractivity contribution in [3.05, 3.63) is 109 Å². The second kappa shape index (κ2) is 6.60. The molecule has 150 valence electrons. The summed E-state index contributed by atoms with van der Waals surface area (Å²) < 4.78 is 6.08. The van der Waals surface area contributed by atoms with Crippen LogP contribution in [0.5, 0.6) is 0 Å². The number of rotatable bonds is 2. The maximum absolute atomic E-state index is 6.08. The first-order valence-corrected chi connectivity index (χ1v) is 10.9. The minimum atomic E-state index is 0.926. The third-order valence-electron chi connectivity index (χ3n) is 6.45. The molecule has 0 aliphatic carbocycles. The molecule has 0 fully saturated rings. The van der Waals surface area contributed by atoms with E-state index >= 15 is 0 Å². The van der Waals surface area contributed by atoms with Gasteiger partial charge in [-0.25, -0.2) is 0 Å². The molecule has 5 aromatic carbocycles. The summed E-state index contributed by atoms with van der Waals surface area (Å²) in [7, 11) is 0. The van der Waals surface area contributed by atoms with Crippen LogP contribution in [0.1, 0.15) is 0 Å². The minimum Gasteiger partial charge on any atom is -0.456 e. The van der Waals surface area contributed by atoms with Gasteiger partial charge in [0.25, 0.3) is 0 Å². The molecule has 2 heteroatoms. The number of benzene rings is 5.